The molecule has 0 fully saturated rings. The first-order valence-electron chi connectivity index (χ1n) is 4.71. The molecule has 7 heteroatoms. The molecule has 0 heterocycles. The molecular formula is C10H10BrNO5. The van der Waals surface area contributed by atoms with Gasteiger partial charge >= 0.3 is 11.7 Å². The van der Waals surface area contributed by atoms with Gasteiger partial charge in [-0.15, -0.1) is 0 Å². The van der Waals surface area contributed by atoms with Gasteiger partial charge in [0.1, 0.15) is 5.56 Å². The fourth-order valence-electron chi connectivity index (χ4n) is 1.25. The van der Waals surface area contributed by atoms with Crippen LogP contribution >= 0.6 is 15.9 Å². The number of carbonyl (C=O) groups is 1. The topological polar surface area (TPSA) is 89.7 Å². The number of benzene rings is 1. The molecular weight excluding hydrogens is 294 g/mol. The molecule has 0 aliphatic carbocycles. The van der Waals surface area contributed by atoms with E-state index < -0.39 is 22.1 Å². The molecule has 0 saturated carbocycles. The number of rotatable bonds is 4. The van der Waals surface area contributed by atoms with Crippen molar-refractivity contribution in [2.24, 2.45) is 0 Å². The highest BCUT2D eigenvalue weighted by molar-refractivity contribution is 9.10. The van der Waals surface area contributed by atoms with Crippen molar-refractivity contribution in [1.29, 1.82) is 0 Å². The van der Waals surface area contributed by atoms with Crippen molar-refractivity contribution < 1.29 is 19.6 Å². The van der Waals surface area contributed by atoms with E-state index >= 15 is 0 Å². The van der Waals surface area contributed by atoms with Crippen LogP contribution in [0.2, 0.25) is 0 Å². The maximum atomic E-state index is 10.9. The van der Waals surface area contributed by atoms with Crippen LogP contribution < -0.4 is 4.74 Å². The van der Waals surface area contributed by atoms with Gasteiger partial charge in [-0.25, -0.2) is 4.79 Å². The highest BCUT2D eigenvalue weighted by Gasteiger charge is 2.28. The second-order valence-electron chi connectivity index (χ2n) is 3.50. The Morgan fingerprint density at radius 3 is 2.53 bits per heavy atom. The van der Waals surface area contributed by atoms with Gasteiger partial charge in [0.15, 0.2) is 0 Å². The Morgan fingerprint density at radius 2 is 2.12 bits per heavy atom. The SMILES string of the molecule is CC(C)Oc1c(Br)ccc(C(=O)O)c1[N+](=O)[O-]. The summed E-state index contributed by atoms with van der Waals surface area (Å²) in [7, 11) is 0. The molecule has 1 N–H and O–H groups in total. The first-order chi connectivity index (χ1) is 7.84. The number of nitro groups is 1. The van der Waals surface area contributed by atoms with E-state index in [-0.39, 0.29) is 11.9 Å². The molecule has 1 rings (SSSR count). The molecule has 17 heavy (non-hydrogen) atoms. The number of halogens is 1. The van der Waals surface area contributed by atoms with Crippen LogP contribution in [0.25, 0.3) is 0 Å². The van der Waals surface area contributed by atoms with Crippen molar-refractivity contribution in [3.8, 4) is 5.75 Å². The summed E-state index contributed by atoms with van der Waals surface area (Å²) in [5, 5.41) is 19.8. The summed E-state index contributed by atoms with van der Waals surface area (Å²) in [5.74, 6) is -1.43. The van der Waals surface area contributed by atoms with Gasteiger partial charge in [-0.05, 0) is 41.9 Å². The van der Waals surface area contributed by atoms with Gasteiger partial charge < -0.3 is 9.84 Å². The Morgan fingerprint density at radius 1 is 1.53 bits per heavy atom. The van der Waals surface area contributed by atoms with Crippen molar-refractivity contribution in [3.05, 3.63) is 32.3 Å². The Bertz CT molecular complexity index is 472. The van der Waals surface area contributed by atoms with E-state index in [1.807, 2.05) is 0 Å². The van der Waals surface area contributed by atoms with Crippen LogP contribution in [0.15, 0.2) is 16.6 Å². The Kier molecular flexibility index (Phi) is 4.06. The third kappa shape index (κ3) is 2.94. The molecule has 0 spiro atoms. The fraction of sp³-hybridized carbons (Fsp3) is 0.300. The number of carboxylic acid groups (broad SMARTS) is 1. The largest absolute Gasteiger partial charge is 0.483 e. The minimum atomic E-state index is -1.36. The smallest absolute Gasteiger partial charge is 0.342 e. The Balaban J connectivity index is 3.48. The van der Waals surface area contributed by atoms with Crippen LogP contribution in [0.4, 0.5) is 5.69 Å². The average Bonchev–Trinajstić information content (AvgIpc) is 2.19. The van der Waals surface area contributed by atoms with E-state index in [0.29, 0.717) is 4.47 Å². The first kappa shape index (κ1) is 13.4. The predicted molar refractivity (Wildman–Crippen MR) is 63.5 cm³/mol. The van der Waals surface area contributed by atoms with Crippen LogP contribution in [0.1, 0.15) is 24.2 Å². The van der Waals surface area contributed by atoms with Crippen LogP contribution in [0.3, 0.4) is 0 Å². The molecule has 1 aromatic carbocycles. The quantitative estimate of drug-likeness (QED) is 0.682. The molecule has 0 radical (unpaired) electrons. The predicted octanol–water partition coefficient (Wildman–Crippen LogP) is 2.84. The van der Waals surface area contributed by atoms with E-state index in [1.165, 1.54) is 6.07 Å². The molecule has 92 valence electrons. The zero-order chi connectivity index (χ0) is 13.2. The molecule has 0 aromatic heterocycles. The zero-order valence-electron chi connectivity index (χ0n) is 9.14. The maximum Gasteiger partial charge on any atom is 0.342 e. The lowest BCUT2D eigenvalue weighted by molar-refractivity contribution is -0.386. The van der Waals surface area contributed by atoms with Gasteiger partial charge in [-0.1, -0.05) is 0 Å². The molecule has 1 aromatic rings. The number of carboxylic acids is 1. The summed E-state index contributed by atoms with van der Waals surface area (Å²) in [4.78, 5) is 21.1. The second kappa shape index (κ2) is 5.13. The van der Waals surface area contributed by atoms with Gasteiger partial charge in [0.2, 0.25) is 5.75 Å². The third-order valence-corrected chi connectivity index (χ3v) is 2.47. The zero-order valence-corrected chi connectivity index (χ0v) is 10.7. The van der Waals surface area contributed by atoms with Crippen molar-refractivity contribution in [3.63, 3.8) is 0 Å². The second-order valence-corrected chi connectivity index (χ2v) is 4.36. The number of ether oxygens (including phenoxy) is 1. The summed E-state index contributed by atoms with van der Waals surface area (Å²) in [6.45, 7) is 3.40. The highest BCUT2D eigenvalue weighted by Crippen LogP contribution is 2.38. The summed E-state index contributed by atoms with van der Waals surface area (Å²) in [6, 6.07) is 2.58. The molecule has 6 nitrogen and oxygen atoms in total. The number of aromatic carboxylic acids is 1. The van der Waals surface area contributed by atoms with Gasteiger partial charge in [0, 0.05) is 0 Å². The number of hydrogen-bond acceptors (Lipinski definition) is 4. The van der Waals surface area contributed by atoms with Crippen molar-refractivity contribution in [1.82, 2.24) is 0 Å². The third-order valence-electron chi connectivity index (χ3n) is 1.85. The lowest BCUT2D eigenvalue weighted by atomic mass is 10.1. The maximum absolute atomic E-state index is 10.9. The summed E-state index contributed by atoms with van der Waals surface area (Å²) >= 11 is 3.10. The monoisotopic (exact) mass is 303 g/mol. The minimum absolute atomic E-state index is 0.0649. The lowest BCUT2D eigenvalue weighted by Crippen LogP contribution is -2.11. The van der Waals surface area contributed by atoms with Crippen LogP contribution in [-0.2, 0) is 0 Å². The first-order valence-corrected chi connectivity index (χ1v) is 5.50. The van der Waals surface area contributed by atoms with E-state index in [9.17, 15) is 14.9 Å². The van der Waals surface area contributed by atoms with Crippen LogP contribution in [0, 0.1) is 10.1 Å². The van der Waals surface area contributed by atoms with Crippen LogP contribution in [-0.4, -0.2) is 22.1 Å². The van der Waals surface area contributed by atoms with Crippen molar-refractivity contribution in [2.45, 2.75) is 20.0 Å². The minimum Gasteiger partial charge on any atom is -0.483 e. The van der Waals surface area contributed by atoms with E-state index in [1.54, 1.807) is 13.8 Å². The molecule has 0 aliphatic rings. The Labute approximate surface area is 105 Å². The van der Waals surface area contributed by atoms with E-state index in [4.69, 9.17) is 9.84 Å². The van der Waals surface area contributed by atoms with Crippen LogP contribution in [0.5, 0.6) is 5.75 Å². The van der Waals surface area contributed by atoms with Gasteiger partial charge in [0.05, 0.1) is 15.5 Å². The molecule has 0 aliphatic heterocycles. The van der Waals surface area contributed by atoms with E-state index in [0.717, 1.165) is 6.07 Å². The van der Waals surface area contributed by atoms with Crippen molar-refractivity contribution in [2.75, 3.05) is 0 Å². The molecule has 0 bridgehead atoms. The molecule has 0 unspecified atom stereocenters. The number of nitro benzene ring substituents is 1. The van der Waals surface area contributed by atoms with Gasteiger partial charge in [0.25, 0.3) is 0 Å². The molecule has 0 atom stereocenters. The summed E-state index contributed by atoms with van der Waals surface area (Å²) in [6.07, 6.45) is -0.297. The summed E-state index contributed by atoms with van der Waals surface area (Å²) in [5.41, 5.74) is -0.936. The van der Waals surface area contributed by atoms with Gasteiger partial charge in [-0.2, -0.15) is 0 Å². The average molecular weight is 304 g/mol. The normalized spacial score (nSPS) is 10.4. The molecule has 0 saturated heterocycles. The lowest BCUT2D eigenvalue weighted by Gasteiger charge is -2.12. The van der Waals surface area contributed by atoms with Crippen molar-refractivity contribution >= 4 is 27.6 Å². The standard InChI is InChI=1S/C10H10BrNO5/c1-5(2)17-9-7(11)4-3-6(10(13)14)8(9)12(15)16/h3-5H,1-2H3,(H,13,14). The summed E-state index contributed by atoms with van der Waals surface area (Å²) < 4.78 is 5.63. The Hall–Kier alpha value is -1.63. The molecule has 0 amide bonds. The number of nitrogens with zero attached hydrogens (tertiary/aromatic N) is 1. The van der Waals surface area contributed by atoms with Gasteiger partial charge in [-0.3, -0.25) is 10.1 Å². The highest BCUT2D eigenvalue weighted by atomic mass is 79.9. The number of hydrogen-bond donors (Lipinski definition) is 1. The van der Waals surface area contributed by atoms with E-state index in [2.05, 4.69) is 15.9 Å². The fourth-order valence-corrected chi connectivity index (χ4v) is 1.66.